The third kappa shape index (κ3) is 2.05. The monoisotopic (exact) mass is 200 g/mol. The second kappa shape index (κ2) is 4.15. The normalized spacial score (nSPS) is 12.5. The van der Waals surface area contributed by atoms with Crippen molar-refractivity contribution in [3.05, 3.63) is 35.4 Å². The molecule has 0 heterocycles. The number of amides is 1. The minimum Gasteiger partial charge on any atom is -0.368 e. The SMILES string of the molecule is CNC(C(N)=O)c1cc(F)ccc1F. The van der Waals surface area contributed by atoms with E-state index in [9.17, 15) is 13.6 Å². The Kier molecular flexibility index (Phi) is 3.14. The van der Waals surface area contributed by atoms with E-state index >= 15 is 0 Å². The van der Waals surface area contributed by atoms with Crippen molar-refractivity contribution in [2.75, 3.05) is 7.05 Å². The quantitative estimate of drug-likeness (QED) is 0.755. The highest BCUT2D eigenvalue weighted by molar-refractivity contribution is 5.81. The van der Waals surface area contributed by atoms with E-state index < -0.39 is 23.6 Å². The molecule has 1 rings (SSSR count). The highest BCUT2D eigenvalue weighted by atomic mass is 19.1. The molecule has 1 aromatic rings. The molecule has 76 valence electrons. The lowest BCUT2D eigenvalue weighted by molar-refractivity contribution is -0.120. The van der Waals surface area contributed by atoms with Crippen LogP contribution in [0.25, 0.3) is 0 Å². The molecule has 0 spiro atoms. The van der Waals surface area contributed by atoms with E-state index in [1.165, 1.54) is 7.05 Å². The van der Waals surface area contributed by atoms with E-state index in [-0.39, 0.29) is 5.56 Å². The van der Waals surface area contributed by atoms with Gasteiger partial charge in [0.2, 0.25) is 5.91 Å². The number of primary amides is 1. The first-order valence-electron chi connectivity index (χ1n) is 3.97. The minimum atomic E-state index is -1.01. The van der Waals surface area contributed by atoms with Gasteiger partial charge in [-0.2, -0.15) is 0 Å². The van der Waals surface area contributed by atoms with Crippen LogP contribution in [-0.4, -0.2) is 13.0 Å². The molecule has 0 aromatic heterocycles. The van der Waals surface area contributed by atoms with Gasteiger partial charge in [-0.15, -0.1) is 0 Å². The van der Waals surface area contributed by atoms with E-state index in [1.54, 1.807) is 0 Å². The summed E-state index contributed by atoms with van der Waals surface area (Å²) in [6.07, 6.45) is 0. The number of carbonyl (C=O) groups excluding carboxylic acids is 1. The molecule has 0 bridgehead atoms. The van der Waals surface area contributed by atoms with Crippen LogP contribution in [0.4, 0.5) is 8.78 Å². The second-order valence-corrected chi connectivity index (χ2v) is 2.79. The van der Waals surface area contributed by atoms with Gasteiger partial charge in [-0.3, -0.25) is 4.79 Å². The average molecular weight is 200 g/mol. The zero-order valence-electron chi connectivity index (χ0n) is 7.55. The fourth-order valence-corrected chi connectivity index (χ4v) is 1.19. The van der Waals surface area contributed by atoms with Crippen molar-refractivity contribution in [3.8, 4) is 0 Å². The minimum absolute atomic E-state index is 0.0833. The molecule has 1 amide bonds. The Labute approximate surface area is 79.9 Å². The van der Waals surface area contributed by atoms with Crippen LogP contribution in [0.2, 0.25) is 0 Å². The Morgan fingerprint density at radius 1 is 1.50 bits per heavy atom. The van der Waals surface area contributed by atoms with Gasteiger partial charge in [0.1, 0.15) is 17.7 Å². The molecular formula is C9H10F2N2O. The summed E-state index contributed by atoms with van der Waals surface area (Å²) in [7, 11) is 1.44. The summed E-state index contributed by atoms with van der Waals surface area (Å²) in [5.41, 5.74) is 4.92. The molecule has 1 aromatic carbocycles. The van der Waals surface area contributed by atoms with Crippen molar-refractivity contribution in [1.82, 2.24) is 5.32 Å². The molecule has 0 radical (unpaired) electrons. The van der Waals surface area contributed by atoms with Gasteiger partial charge in [0.05, 0.1) is 0 Å². The first-order valence-corrected chi connectivity index (χ1v) is 3.97. The average Bonchev–Trinajstić information content (AvgIpc) is 2.11. The van der Waals surface area contributed by atoms with Crippen LogP contribution < -0.4 is 11.1 Å². The third-order valence-electron chi connectivity index (χ3n) is 1.84. The van der Waals surface area contributed by atoms with Crippen LogP contribution in [0.15, 0.2) is 18.2 Å². The van der Waals surface area contributed by atoms with Crippen molar-refractivity contribution < 1.29 is 13.6 Å². The Morgan fingerprint density at radius 3 is 2.64 bits per heavy atom. The van der Waals surface area contributed by atoms with Crippen molar-refractivity contribution in [2.45, 2.75) is 6.04 Å². The van der Waals surface area contributed by atoms with Crippen molar-refractivity contribution in [3.63, 3.8) is 0 Å². The second-order valence-electron chi connectivity index (χ2n) is 2.79. The topological polar surface area (TPSA) is 55.1 Å². The molecule has 1 unspecified atom stereocenters. The van der Waals surface area contributed by atoms with Crippen LogP contribution in [-0.2, 0) is 4.79 Å². The third-order valence-corrected chi connectivity index (χ3v) is 1.84. The van der Waals surface area contributed by atoms with Crippen LogP contribution in [0.5, 0.6) is 0 Å². The number of hydrogen-bond acceptors (Lipinski definition) is 2. The van der Waals surface area contributed by atoms with Gasteiger partial charge < -0.3 is 11.1 Å². The summed E-state index contributed by atoms with van der Waals surface area (Å²) < 4.78 is 25.9. The number of nitrogens with two attached hydrogens (primary N) is 1. The predicted octanol–water partition coefficient (Wildman–Crippen LogP) is 0.711. The highest BCUT2D eigenvalue weighted by Gasteiger charge is 2.19. The number of halogens is 2. The largest absolute Gasteiger partial charge is 0.368 e. The predicted molar refractivity (Wildman–Crippen MR) is 47.4 cm³/mol. The van der Waals surface area contributed by atoms with E-state index in [0.29, 0.717) is 0 Å². The van der Waals surface area contributed by atoms with E-state index in [4.69, 9.17) is 5.73 Å². The number of carbonyl (C=O) groups is 1. The van der Waals surface area contributed by atoms with E-state index in [1.807, 2.05) is 0 Å². The maximum atomic E-state index is 13.2. The van der Waals surface area contributed by atoms with Gasteiger partial charge >= 0.3 is 0 Å². The molecule has 1 atom stereocenters. The lowest BCUT2D eigenvalue weighted by Gasteiger charge is -2.13. The molecule has 0 aliphatic rings. The Hall–Kier alpha value is -1.49. The fraction of sp³-hybridized carbons (Fsp3) is 0.222. The Bertz CT molecular complexity index is 355. The smallest absolute Gasteiger partial charge is 0.239 e. The van der Waals surface area contributed by atoms with Gasteiger partial charge in [-0.1, -0.05) is 0 Å². The van der Waals surface area contributed by atoms with Crippen LogP contribution in [0, 0.1) is 11.6 Å². The zero-order chi connectivity index (χ0) is 10.7. The van der Waals surface area contributed by atoms with Crippen LogP contribution in [0.1, 0.15) is 11.6 Å². The lowest BCUT2D eigenvalue weighted by atomic mass is 10.1. The number of nitrogens with one attached hydrogen (secondary N) is 1. The molecule has 3 nitrogen and oxygen atoms in total. The lowest BCUT2D eigenvalue weighted by Crippen LogP contribution is -2.31. The van der Waals surface area contributed by atoms with Crippen molar-refractivity contribution in [1.29, 1.82) is 0 Å². The van der Waals surface area contributed by atoms with Crippen LogP contribution >= 0.6 is 0 Å². The standard InChI is InChI=1S/C9H10F2N2O/c1-13-8(9(12)14)6-4-5(10)2-3-7(6)11/h2-4,8,13H,1H3,(H2,12,14). The molecular weight excluding hydrogens is 190 g/mol. The van der Waals surface area contributed by atoms with Crippen molar-refractivity contribution in [2.24, 2.45) is 5.73 Å². The molecule has 14 heavy (non-hydrogen) atoms. The Morgan fingerprint density at radius 2 is 2.14 bits per heavy atom. The first-order chi connectivity index (χ1) is 6.56. The fourth-order valence-electron chi connectivity index (χ4n) is 1.19. The molecule has 0 aliphatic heterocycles. The summed E-state index contributed by atoms with van der Waals surface area (Å²) in [5, 5.41) is 2.50. The Balaban J connectivity index is 3.15. The van der Waals surface area contributed by atoms with Crippen LogP contribution in [0.3, 0.4) is 0 Å². The number of hydrogen-bond donors (Lipinski definition) is 2. The number of rotatable bonds is 3. The molecule has 0 aliphatic carbocycles. The van der Waals surface area contributed by atoms with Gasteiger partial charge in [0.25, 0.3) is 0 Å². The molecule has 0 fully saturated rings. The van der Waals surface area contributed by atoms with E-state index in [2.05, 4.69) is 5.32 Å². The van der Waals surface area contributed by atoms with Gasteiger partial charge in [0, 0.05) is 5.56 Å². The number of benzene rings is 1. The molecule has 3 N–H and O–H groups in total. The first kappa shape index (κ1) is 10.6. The summed E-state index contributed by atoms with van der Waals surface area (Å²) in [6.45, 7) is 0. The summed E-state index contributed by atoms with van der Waals surface area (Å²) >= 11 is 0. The molecule has 0 saturated heterocycles. The maximum absolute atomic E-state index is 13.2. The molecule has 5 heteroatoms. The summed E-state index contributed by atoms with van der Waals surface area (Å²) in [4.78, 5) is 10.9. The summed E-state index contributed by atoms with van der Waals surface area (Å²) in [6, 6.07) is 1.87. The van der Waals surface area contributed by atoms with Gasteiger partial charge in [-0.25, -0.2) is 8.78 Å². The zero-order valence-corrected chi connectivity index (χ0v) is 7.55. The highest BCUT2D eigenvalue weighted by Crippen LogP contribution is 2.17. The van der Waals surface area contributed by atoms with Crippen molar-refractivity contribution >= 4 is 5.91 Å². The maximum Gasteiger partial charge on any atom is 0.239 e. The number of likely N-dealkylation sites (N-methyl/N-ethyl adjacent to an activating group) is 1. The molecule has 0 saturated carbocycles. The summed E-state index contributed by atoms with van der Waals surface area (Å²) in [5.74, 6) is -2.02. The van der Waals surface area contributed by atoms with Gasteiger partial charge in [-0.05, 0) is 25.2 Å². The van der Waals surface area contributed by atoms with Gasteiger partial charge in [0.15, 0.2) is 0 Å². The van der Waals surface area contributed by atoms with E-state index in [0.717, 1.165) is 18.2 Å².